The molecule has 2 aromatic carbocycles. The second-order valence-electron chi connectivity index (χ2n) is 8.76. The second-order valence-corrected chi connectivity index (χ2v) is 13.6. The van der Waals surface area contributed by atoms with Crippen LogP contribution < -0.4 is 4.74 Å². The molecule has 0 spiro atoms. The molecule has 27 heavy (non-hydrogen) atoms. The maximum Gasteiger partial charge on any atom is 0.192 e. The first-order valence-corrected chi connectivity index (χ1v) is 12.6. The SMILES string of the molecule is Cc1ccc(OC/C=C/c2ccc(CO[Si](C)(C)C(C)(C)C)c(C)c2)cc1. The van der Waals surface area contributed by atoms with E-state index in [1.165, 1.54) is 22.3 Å². The zero-order chi connectivity index (χ0) is 20.1. The highest BCUT2D eigenvalue weighted by atomic mass is 28.4. The molecule has 2 nitrogen and oxygen atoms in total. The average molecular weight is 383 g/mol. The summed E-state index contributed by atoms with van der Waals surface area (Å²) in [6, 6.07) is 14.7. The molecule has 0 aromatic heterocycles. The number of hydrogen-bond acceptors (Lipinski definition) is 2. The van der Waals surface area contributed by atoms with Crippen LogP contribution in [0.2, 0.25) is 18.1 Å². The summed E-state index contributed by atoms with van der Waals surface area (Å²) < 4.78 is 12.1. The second kappa shape index (κ2) is 8.90. The van der Waals surface area contributed by atoms with Crippen LogP contribution in [-0.2, 0) is 11.0 Å². The molecular weight excluding hydrogens is 348 g/mol. The summed E-state index contributed by atoms with van der Waals surface area (Å²) in [7, 11) is -1.72. The Balaban J connectivity index is 1.91. The van der Waals surface area contributed by atoms with E-state index in [1.807, 2.05) is 12.1 Å². The summed E-state index contributed by atoms with van der Waals surface area (Å²) in [5.41, 5.74) is 4.98. The quantitative estimate of drug-likeness (QED) is 0.484. The van der Waals surface area contributed by atoms with Gasteiger partial charge in [0.05, 0.1) is 6.61 Å². The fraction of sp³-hybridized carbons (Fsp3) is 0.417. The number of benzene rings is 2. The van der Waals surface area contributed by atoms with E-state index in [2.05, 4.69) is 90.2 Å². The van der Waals surface area contributed by atoms with Crippen LogP contribution >= 0.6 is 0 Å². The van der Waals surface area contributed by atoms with Crippen LogP contribution in [0.25, 0.3) is 6.08 Å². The van der Waals surface area contributed by atoms with Gasteiger partial charge in [0.2, 0.25) is 0 Å². The lowest BCUT2D eigenvalue weighted by Gasteiger charge is -2.36. The van der Waals surface area contributed by atoms with E-state index in [9.17, 15) is 0 Å². The Hall–Kier alpha value is -1.84. The molecule has 2 aromatic rings. The Kier molecular flexibility index (Phi) is 7.07. The molecular formula is C24H34O2Si. The molecule has 0 unspecified atom stereocenters. The van der Waals surface area contributed by atoms with Crippen LogP contribution in [0, 0.1) is 13.8 Å². The van der Waals surface area contributed by atoms with Gasteiger partial charge < -0.3 is 9.16 Å². The Morgan fingerprint density at radius 1 is 0.963 bits per heavy atom. The van der Waals surface area contributed by atoms with Crippen molar-refractivity contribution >= 4 is 14.4 Å². The Bertz CT molecular complexity index is 768. The third kappa shape index (κ3) is 6.37. The molecule has 2 rings (SSSR count). The highest BCUT2D eigenvalue weighted by Crippen LogP contribution is 2.37. The molecule has 0 saturated heterocycles. The first-order valence-electron chi connectivity index (χ1n) is 9.68. The average Bonchev–Trinajstić information content (AvgIpc) is 2.58. The van der Waals surface area contributed by atoms with E-state index in [4.69, 9.17) is 9.16 Å². The van der Waals surface area contributed by atoms with Crippen LogP contribution in [0.5, 0.6) is 5.75 Å². The number of hydrogen-bond donors (Lipinski definition) is 0. The zero-order valence-electron chi connectivity index (χ0n) is 17.9. The maximum absolute atomic E-state index is 6.36. The fourth-order valence-electron chi connectivity index (χ4n) is 2.42. The van der Waals surface area contributed by atoms with Gasteiger partial charge in [0.1, 0.15) is 12.4 Å². The molecule has 0 heterocycles. The monoisotopic (exact) mass is 382 g/mol. The van der Waals surface area contributed by atoms with Crippen LogP contribution in [-0.4, -0.2) is 14.9 Å². The largest absolute Gasteiger partial charge is 0.490 e. The molecule has 0 radical (unpaired) electrons. The molecule has 0 saturated carbocycles. The molecule has 0 aliphatic carbocycles. The Labute approximate surface area is 166 Å². The molecule has 0 amide bonds. The van der Waals surface area contributed by atoms with Crippen molar-refractivity contribution < 1.29 is 9.16 Å². The van der Waals surface area contributed by atoms with E-state index in [1.54, 1.807) is 0 Å². The van der Waals surface area contributed by atoms with Crippen molar-refractivity contribution in [2.24, 2.45) is 0 Å². The van der Waals surface area contributed by atoms with E-state index in [0.29, 0.717) is 13.2 Å². The van der Waals surface area contributed by atoms with Gasteiger partial charge in [-0.05, 0) is 66.9 Å². The van der Waals surface area contributed by atoms with Crippen LogP contribution in [0.3, 0.4) is 0 Å². The van der Waals surface area contributed by atoms with E-state index in [-0.39, 0.29) is 5.04 Å². The topological polar surface area (TPSA) is 18.5 Å². The minimum absolute atomic E-state index is 0.237. The summed E-state index contributed by atoms with van der Waals surface area (Å²) >= 11 is 0. The smallest absolute Gasteiger partial charge is 0.192 e. The first kappa shape index (κ1) is 21.5. The zero-order valence-corrected chi connectivity index (χ0v) is 18.9. The molecule has 0 aliphatic heterocycles. The van der Waals surface area contributed by atoms with Gasteiger partial charge in [-0.1, -0.05) is 62.7 Å². The molecule has 0 fully saturated rings. The molecule has 0 bridgehead atoms. The highest BCUT2D eigenvalue weighted by Gasteiger charge is 2.37. The first-order chi connectivity index (χ1) is 12.6. The standard InChI is InChI=1S/C24H34O2Si/c1-19-10-14-23(15-11-19)25-16-8-9-21-12-13-22(20(2)17-21)18-26-27(6,7)24(3,4)5/h8-15,17H,16,18H2,1-7H3/b9-8+. The van der Waals surface area contributed by atoms with Crippen LogP contribution in [0.15, 0.2) is 48.5 Å². The summed E-state index contributed by atoms with van der Waals surface area (Å²) in [6.45, 7) is 16.9. The van der Waals surface area contributed by atoms with Crippen molar-refractivity contribution in [2.75, 3.05) is 6.61 Å². The van der Waals surface area contributed by atoms with Gasteiger partial charge in [-0.2, -0.15) is 0 Å². The minimum Gasteiger partial charge on any atom is -0.490 e. The third-order valence-corrected chi connectivity index (χ3v) is 9.92. The van der Waals surface area contributed by atoms with Gasteiger partial charge in [0.25, 0.3) is 0 Å². The van der Waals surface area contributed by atoms with Gasteiger partial charge in [-0.25, -0.2) is 0 Å². The van der Waals surface area contributed by atoms with Gasteiger partial charge in [-0.3, -0.25) is 0 Å². The van der Waals surface area contributed by atoms with Crippen molar-refractivity contribution in [3.63, 3.8) is 0 Å². The predicted molar refractivity (Wildman–Crippen MR) is 119 cm³/mol. The van der Waals surface area contributed by atoms with Crippen molar-refractivity contribution in [2.45, 2.75) is 59.4 Å². The summed E-state index contributed by atoms with van der Waals surface area (Å²) in [5, 5.41) is 0.237. The predicted octanol–water partition coefficient (Wildman–Crippen LogP) is 6.92. The van der Waals surface area contributed by atoms with E-state index >= 15 is 0 Å². The van der Waals surface area contributed by atoms with Crippen molar-refractivity contribution in [3.8, 4) is 5.75 Å². The highest BCUT2D eigenvalue weighted by molar-refractivity contribution is 6.74. The third-order valence-electron chi connectivity index (χ3n) is 5.44. The van der Waals surface area contributed by atoms with Crippen molar-refractivity contribution in [1.29, 1.82) is 0 Å². The molecule has 3 heteroatoms. The Morgan fingerprint density at radius 2 is 1.63 bits per heavy atom. The lowest BCUT2D eigenvalue weighted by atomic mass is 10.1. The van der Waals surface area contributed by atoms with E-state index in [0.717, 1.165) is 5.75 Å². The van der Waals surface area contributed by atoms with Crippen LogP contribution in [0.4, 0.5) is 0 Å². The lowest BCUT2D eigenvalue weighted by molar-refractivity contribution is 0.275. The molecule has 0 N–H and O–H groups in total. The minimum atomic E-state index is -1.72. The Morgan fingerprint density at radius 3 is 2.22 bits per heavy atom. The summed E-state index contributed by atoms with van der Waals surface area (Å²) in [4.78, 5) is 0. The molecule has 0 aliphatic rings. The van der Waals surface area contributed by atoms with Crippen molar-refractivity contribution in [1.82, 2.24) is 0 Å². The summed E-state index contributed by atoms with van der Waals surface area (Å²) in [6.07, 6.45) is 4.17. The lowest BCUT2D eigenvalue weighted by Crippen LogP contribution is -2.40. The molecule has 146 valence electrons. The van der Waals surface area contributed by atoms with Crippen molar-refractivity contribution in [3.05, 3.63) is 70.8 Å². The summed E-state index contributed by atoms with van der Waals surface area (Å²) in [5.74, 6) is 0.902. The molecule has 0 atom stereocenters. The van der Waals surface area contributed by atoms with Gasteiger partial charge in [0, 0.05) is 0 Å². The number of aryl methyl sites for hydroxylation is 2. The normalized spacial score (nSPS) is 12.6. The van der Waals surface area contributed by atoms with Gasteiger partial charge in [-0.15, -0.1) is 0 Å². The van der Waals surface area contributed by atoms with Gasteiger partial charge >= 0.3 is 0 Å². The van der Waals surface area contributed by atoms with Gasteiger partial charge in [0.15, 0.2) is 8.32 Å². The fourth-order valence-corrected chi connectivity index (χ4v) is 3.37. The number of ether oxygens (including phenoxy) is 1. The maximum atomic E-state index is 6.36. The van der Waals surface area contributed by atoms with E-state index < -0.39 is 8.32 Å². The number of rotatable bonds is 7. The van der Waals surface area contributed by atoms with Crippen LogP contribution in [0.1, 0.15) is 43.0 Å².